The molecule has 0 aliphatic rings. The molecular weight excluding hydrogens is 267 g/mol. The van der Waals surface area contributed by atoms with Crippen molar-refractivity contribution in [3.63, 3.8) is 0 Å². The molecule has 1 aromatic rings. The lowest BCUT2D eigenvalue weighted by Gasteiger charge is -2.04. The summed E-state index contributed by atoms with van der Waals surface area (Å²) in [5, 5.41) is -0.949. The fraction of sp³-hybridized carbons (Fsp3) is 0.143. The van der Waals surface area contributed by atoms with Crippen molar-refractivity contribution in [1.82, 2.24) is 4.98 Å². The second kappa shape index (κ2) is 4.11. The van der Waals surface area contributed by atoms with Gasteiger partial charge in [-0.3, -0.25) is 9.78 Å². The van der Waals surface area contributed by atoms with E-state index < -0.39 is 17.4 Å². The number of carbonyl (C=O) groups is 1. The van der Waals surface area contributed by atoms with Gasteiger partial charge in [-0.1, -0.05) is 0 Å². The molecule has 0 aliphatic heterocycles. The second-order valence-corrected chi connectivity index (χ2v) is 3.33. The molecule has 13 heavy (non-hydrogen) atoms. The van der Waals surface area contributed by atoms with Crippen molar-refractivity contribution in [3.05, 3.63) is 28.0 Å². The van der Waals surface area contributed by atoms with Gasteiger partial charge in [-0.2, -0.15) is 0 Å². The fourth-order valence-corrected chi connectivity index (χ4v) is 1.63. The Bertz CT molecular complexity index is 345. The molecule has 1 heterocycles. The Labute approximate surface area is 86.0 Å². The van der Waals surface area contributed by atoms with Gasteiger partial charge < -0.3 is 0 Å². The summed E-state index contributed by atoms with van der Waals surface area (Å²) in [7, 11) is 0. The van der Waals surface area contributed by atoms with E-state index in [-0.39, 0.29) is 10.0 Å². The lowest BCUT2D eigenvalue weighted by atomic mass is 10.2. The molecule has 0 radical (unpaired) electrons. The van der Waals surface area contributed by atoms with Gasteiger partial charge in [0, 0.05) is 10.7 Å². The number of halogens is 4. The van der Waals surface area contributed by atoms with Gasteiger partial charge in [-0.05, 0) is 33.6 Å². The fourth-order valence-electron chi connectivity index (χ4n) is 0.813. The molecule has 0 saturated heterocycles. The predicted molar refractivity (Wildman–Crippen MR) is 47.1 cm³/mol. The first-order chi connectivity index (χ1) is 6.04. The van der Waals surface area contributed by atoms with Crippen molar-refractivity contribution in [2.24, 2.45) is 0 Å². The molecule has 0 atom stereocenters. The first-order valence-corrected chi connectivity index (χ1v) is 4.33. The minimum Gasteiger partial charge on any atom is -0.275 e. The molecule has 0 amide bonds. The van der Waals surface area contributed by atoms with Crippen LogP contribution in [0.4, 0.5) is 8.78 Å². The molecule has 0 bridgehead atoms. The van der Waals surface area contributed by atoms with Crippen LogP contribution in [0.5, 0.6) is 0 Å². The van der Waals surface area contributed by atoms with Crippen LogP contribution in [0, 0.1) is 0 Å². The number of aromatic nitrogens is 1. The van der Waals surface area contributed by atoms with Gasteiger partial charge in [0.1, 0.15) is 5.69 Å². The van der Waals surface area contributed by atoms with Crippen LogP contribution in [0.1, 0.15) is 22.5 Å². The van der Waals surface area contributed by atoms with E-state index in [1.165, 1.54) is 12.3 Å². The van der Waals surface area contributed by atoms with Gasteiger partial charge in [0.2, 0.25) is 0 Å². The van der Waals surface area contributed by atoms with Crippen LogP contribution in [0.3, 0.4) is 0 Å². The smallest absolute Gasteiger partial charge is 0.275 e. The number of hydrogen-bond donors (Lipinski definition) is 0. The molecule has 0 unspecified atom stereocenters. The van der Waals surface area contributed by atoms with E-state index in [1.54, 1.807) is 0 Å². The number of carbonyl (C=O) groups excluding carboxylic acids is 1. The molecule has 1 rings (SSSR count). The largest absolute Gasteiger partial charge is 0.281 e. The van der Waals surface area contributed by atoms with E-state index in [0.717, 1.165) is 0 Å². The van der Waals surface area contributed by atoms with E-state index >= 15 is 0 Å². The van der Waals surface area contributed by atoms with Gasteiger partial charge in [-0.15, -0.1) is 0 Å². The Morgan fingerprint density at radius 2 is 2.23 bits per heavy atom. The van der Waals surface area contributed by atoms with Gasteiger partial charge in [0.15, 0.2) is 0 Å². The topological polar surface area (TPSA) is 30.0 Å². The summed E-state index contributed by atoms with van der Waals surface area (Å²) in [4.78, 5) is 14.1. The maximum absolute atomic E-state index is 12.3. The van der Waals surface area contributed by atoms with E-state index in [2.05, 4.69) is 20.9 Å². The first kappa shape index (κ1) is 10.5. The minimum atomic E-state index is -2.81. The number of nitrogens with zero attached hydrogens (tertiary/aromatic N) is 1. The van der Waals surface area contributed by atoms with E-state index in [0.29, 0.717) is 0 Å². The monoisotopic (exact) mass is 269 g/mol. The summed E-state index contributed by atoms with van der Waals surface area (Å²) >= 11 is 8.05. The molecule has 1 aromatic heterocycles. The third-order valence-corrected chi connectivity index (χ3v) is 2.18. The van der Waals surface area contributed by atoms with Crippen LogP contribution in [0.15, 0.2) is 16.7 Å². The zero-order valence-electron chi connectivity index (χ0n) is 6.10. The summed E-state index contributed by atoms with van der Waals surface area (Å²) < 4.78 is 24.8. The summed E-state index contributed by atoms with van der Waals surface area (Å²) in [5.41, 5.74) is -0.881. The Kier molecular flexibility index (Phi) is 3.33. The average Bonchev–Trinajstić information content (AvgIpc) is 2.02. The molecule has 0 aromatic carbocycles. The SMILES string of the molecule is O=C(Cl)c1c(Br)ccnc1C(F)F. The maximum Gasteiger partial charge on any atom is 0.281 e. The zero-order valence-corrected chi connectivity index (χ0v) is 8.44. The summed E-state index contributed by atoms with van der Waals surface area (Å²) in [6.45, 7) is 0. The quantitative estimate of drug-likeness (QED) is 0.773. The van der Waals surface area contributed by atoms with E-state index in [9.17, 15) is 13.6 Å². The standard InChI is InChI=1S/C7H3BrClF2NO/c8-3-1-2-12-5(7(10)11)4(3)6(9)13/h1-2,7H. The number of hydrogen-bond acceptors (Lipinski definition) is 2. The summed E-state index contributed by atoms with van der Waals surface area (Å²) in [6, 6.07) is 1.38. The molecule has 6 heteroatoms. The first-order valence-electron chi connectivity index (χ1n) is 3.16. The zero-order chi connectivity index (χ0) is 10.0. The average molecular weight is 270 g/mol. The molecule has 0 N–H and O–H groups in total. The van der Waals surface area contributed by atoms with Crippen molar-refractivity contribution in [1.29, 1.82) is 0 Å². The highest BCUT2D eigenvalue weighted by Crippen LogP contribution is 2.27. The lowest BCUT2D eigenvalue weighted by molar-refractivity contribution is 0.106. The third kappa shape index (κ3) is 2.22. The molecule has 0 aliphatic carbocycles. The van der Waals surface area contributed by atoms with Crippen LogP contribution in [0.2, 0.25) is 0 Å². The summed E-state index contributed by atoms with van der Waals surface area (Å²) in [6.07, 6.45) is -1.63. The Morgan fingerprint density at radius 3 is 2.62 bits per heavy atom. The van der Waals surface area contributed by atoms with Gasteiger partial charge in [-0.25, -0.2) is 8.78 Å². The highest BCUT2D eigenvalue weighted by atomic mass is 79.9. The molecule has 2 nitrogen and oxygen atoms in total. The number of alkyl halides is 2. The summed E-state index contributed by atoms with van der Waals surface area (Å²) in [5.74, 6) is 0. The van der Waals surface area contributed by atoms with Crippen LogP contribution >= 0.6 is 27.5 Å². The lowest BCUT2D eigenvalue weighted by Crippen LogP contribution is -2.02. The molecule has 0 saturated carbocycles. The van der Waals surface area contributed by atoms with Gasteiger partial charge >= 0.3 is 0 Å². The highest BCUT2D eigenvalue weighted by molar-refractivity contribution is 9.10. The normalized spacial score (nSPS) is 10.5. The van der Waals surface area contributed by atoms with Gasteiger partial charge in [0.25, 0.3) is 11.7 Å². The van der Waals surface area contributed by atoms with Crippen molar-refractivity contribution < 1.29 is 13.6 Å². The molecule has 0 spiro atoms. The van der Waals surface area contributed by atoms with Crippen LogP contribution in [0.25, 0.3) is 0 Å². The van der Waals surface area contributed by atoms with Crippen LogP contribution in [-0.2, 0) is 0 Å². The minimum absolute atomic E-state index is 0.220. The molecular formula is C7H3BrClF2NO. The van der Waals surface area contributed by atoms with Crippen molar-refractivity contribution in [2.45, 2.75) is 6.43 Å². The molecule has 70 valence electrons. The van der Waals surface area contributed by atoms with E-state index in [1.807, 2.05) is 0 Å². The predicted octanol–water partition coefficient (Wildman–Crippen LogP) is 3.16. The van der Waals surface area contributed by atoms with Crippen molar-refractivity contribution >= 4 is 32.8 Å². The Morgan fingerprint density at radius 1 is 1.62 bits per heavy atom. The van der Waals surface area contributed by atoms with Crippen molar-refractivity contribution in [3.8, 4) is 0 Å². The second-order valence-electron chi connectivity index (χ2n) is 2.13. The number of rotatable bonds is 2. The highest BCUT2D eigenvalue weighted by Gasteiger charge is 2.20. The Balaban J connectivity index is 3.34. The van der Waals surface area contributed by atoms with Gasteiger partial charge in [0.05, 0.1) is 5.56 Å². The van der Waals surface area contributed by atoms with E-state index in [4.69, 9.17) is 11.6 Å². The maximum atomic E-state index is 12.3. The Hall–Kier alpha value is -0.550. The van der Waals surface area contributed by atoms with Crippen LogP contribution in [-0.4, -0.2) is 10.2 Å². The van der Waals surface area contributed by atoms with Crippen molar-refractivity contribution in [2.75, 3.05) is 0 Å². The third-order valence-electron chi connectivity index (χ3n) is 1.33. The number of pyridine rings is 1. The van der Waals surface area contributed by atoms with Crippen LogP contribution < -0.4 is 0 Å². The molecule has 0 fully saturated rings.